The van der Waals surface area contributed by atoms with Crippen LogP contribution in [0.25, 0.3) is 0 Å². The van der Waals surface area contributed by atoms with Crippen LogP contribution in [0.1, 0.15) is 19.3 Å². The number of hydrogen-bond acceptors (Lipinski definition) is 2. The lowest BCUT2D eigenvalue weighted by atomic mass is 10.3. The lowest BCUT2D eigenvalue weighted by Gasteiger charge is -2.11. The van der Waals surface area contributed by atoms with E-state index in [1.807, 2.05) is 0 Å². The highest BCUT2D eigenvalue weighted by Crippen LogP contribution is 2.22. The van der Waals surface area contributed by atoms with Crippen LogP contribution in [0.15, 0.2) is 0 Å². The Hall–Kier alpha value is 0.162. The van der Waals surface area contributed by atoms with Gasteiger partial charge in [-0.05, 0) is 6.42 Å². The molecule has 1 fully saturated rings. The van der Waals surface area contributed by atoms with Crippen LogP contribution in [0.2, 0.25) is 0 Å². The maximum absolute atomic E-state index is 10.5. The van der Waals surface area contributed by atoms with E-state index in [0.717, 1.165) is 16.3 Å². The smallest absolute Gasteiger partial charge is 0.264 e. The van der Waals surface area contributed by atoms with E-state index in [9.17, 15) is 9.90 Å². The van der Waals surface area contributed by atoms with Crippen molar-refractivity contribution in [2.75, 3.05) is 0 Å². The van der Waals surface area contributed by atoms with Gasteiger partial charge >= 0.3 is 0 Å². The number of ketones is 1. The van der Waals surface area contributed by atoms with Gasteiger partial charge in [-0.25, -0.2) is 0 Å². The molecule has 0 radical (unpaired) electrons. The molecular weight excluding hydrogens is 119 g/mol. The van der Waals surface area contributed by atoms with E-state index >= 15 is 0 Å². The molecule has 1 rings (SSSR count). The molecule has 0 aliphatic heterocycles. The minimum Gasteiger partial charge on any atom is -0.406 e. The summed E-state index contributed by atoms with van der Waals surface area (Å²) in [4.78, 5) is 10.5. The van der Waals surface area contributed by atoms with Crippen molar-refractivity contribution in [2.24, 2.45) is 0 Å². The predicted molar refractivity (Wildman–Crippen MR) is 32.4 cm³/mol. The first-order chi connectivity index (χ1) is 3.60. The number of rotatable bonds is 0. The lowest BCUT2D eigenvalue weighted by Crippen LogP contribution is -2.24. The van der Waals surface area contributed by atoms with E-state index in [4.69, 9.17) is 0 Å². The van der Waals surface area contributed by atoms with Gasteiger partial charge in [-0.2, -0.15) is 0 Å². The zero-order chi connectivity index (χ0) is 6.20. The van der Waals surface area contributed by atoms with Crippen molar-refractivity contribution in [1.29, 1.82) is 0 Å². The SMILES string of the molecule is O=C1CC[C](O)([AlH2])C1. The minimum absolute atomic E-state index is 0.225. The van der Waals surface area contributed by atoms with Crippen molar-refractivity contribution < 1.29 is 9.90 Å². The molecule has 1 aliphatic rings. The number of aliphatic hydroxyl groups is 1. The van der Waals surface area contributed by atoms with Gasteiger partial charge in [0.2, 0.25) is 0 Å². The van der Waals surface area contributed by atoms with Crippen molar-refractivity contribution in [3.8, 4) is 0 Å². The second-order valence-corrected chi connectivity index (χ2v) is 4.57. The second kappa shape index (κ2) is 1.84. The Bertz CT molecular complexity index is 120. The average molecular weight is 128 g/mol. The molecule has 1 saturated carbocycles. The van der Waals surface area contributed by atoms with Crippen LogP contribution >= 0.6 is 0 Å². The van der Waals surface area contributed by atoms with Gasteiger partial charge in [0.1, 0.15) is 5.78 Å². The first kappa shape index (κ1) is 6.28. The number of carbonyl (C=O) groups excluding carboxylic acids is 1. The molecule has 44 valence electrons. The highest BCUT2D eigenvalue weighted by atomic mass is 27.0. The maximum Gasteiger partial charge on any atom is 0.264 e. The summed E-state index contributed by atoms with van der Waals surface area (Å²) >= 11 is 0.735. The van der Waals surface area contributed by atoms with Crippen LogP contribution in [0.4, 0.5) is 0 Å². The van der Waals surface area contributed by atoms with Crippen LogP contribution in [0, 0.1) is 0 Å². The monoisotopic (exact) mass is 128 g/mol. The summed E-state index contributed by atoms with van der Waals surface area (Å²) in [5.74, 6) is 0.225. The van der Waals surface area contributed by atoms with E-state index in [1.54, 1.807) is 0 Å². The van der Waals surface area contributed by atoms with Gasteiger partial charge in [0.05, 0.1) is 0 Å². The van der Waals surface area contributed by atoms with Crippen molar-refractivity contribution in [3.05, 3.63) is 0 Å². The zero-order valence-electron chi connectivity index (χ0n) is 4.98. The number of Topliss-reactive ketones (excluding diaryl/α,β-unsaturated/α-hetero) is 1. The Kier molecular flexibility index (Phi) is 1.44. The molecule has 0 heterocycles. The Labute approximate surface area is 56.3 Å². The van der Waals surface area contributed by atoms with Gasteiger partial charge < -0.3 is 5.11 Å². The molecule has 2 nitrogen and oxygen atoms in total. The Balaban J connectivity index is 2.56. The molecule has 1 N–H and O–H groups in total. The molecule has 0 bridgehead atoms. The van der Waals surface area contributed by atoms with Crippen molar-refractivity contribution >= 4 is 22.1 Å². The standard InChI is InChI=1S/C5H7O2.Al.2H/c6-4-1-2-5(7)3-4;;;/h6H,1-3H2;;;. The van der Waals surface area contributed by atoms with Gasteiger partial charge in [-0.1, -0.05) is 0 Å². The fourth-order valence-electron chi connectivity index (χ4n) is 1.01. The summed E-state index contributed by atoms with van der Waals surface area (Å²) in [6, 6.07) is 0. The summed E-state index contributed by atoms with van der Waals surface area (Å²) in [6.45, 7) is 0. The molecule has 0 spiro atoms. The highest BCUT2D eigenvalue weighted by Gasteiger charge is 2.30. The molecule has 1 unspecified atom stereocenters. The van der Waals surface area contributed by atoms with E-state index < -0.39 is 4.46 Å². The molecule has 0 amide bonds. The second-order valence-electron chi connectivity index (χ2n) is 2.71. The molecule has 3 heteroatoms. The van der Waals surface area contributed by atoms with Crippen LogP contribution in [0.3, 0.4) is 0 Å². The zero-order valence-corrected chi connectivity index (χ0v) is 6.98. The summed E-state index contributed by atoms with van der Waals surface area (Å²) in [5.41, 5.74) is 0. The maximum atomic E-state index is 10.5. The third kappa shape index (κ3) is 1.32. The molecule has 0 saturated heterocycles. The van der Waals surface area contributed by atoms with Gasteiger partial charge in [0.15, 0.2) is 0 Å². The quantitative estimate of drug-likeness (QED) is 0.427. The number of hydrogen-bond donors (Lipinski definition) is 1. The van der Waals surface area contributed by atoms with Crippen molar-refractivity contribution in [3.63, 3.8) is 0 Å². The fraction of sp³-hybridized carbons (Fsp3) is 0.800. The number of carbonyl (C=O) groups is 1. The molecule has 0 aromatic heterocycles. The molecule has 1 atom stereocenters. The van der Waals surface area contributed by atoms with E-state index in [-0.39, 0.29) is 5.78 Å². The van der Waals surface area contributed by atoms with Crippen molar-refractivity contribution in [2.45, 2.75) is 23.7 Å². The molecule has 1 aliphatic carbocycles. The largest absolute Gasteiger partial charge is 0.406 e. The summed E-state index contributed by atoms with van der Waals surface area (Å²) in [6.07, 6.45) is 1.72. The topological polar surface area (TPSA) is 37.3 Å². The molecule has 8 heavy (non-hydrogen) atoms. The van der Waals surface area contributed by atoms with Crippen molar-refractivity contribution in [1.82, 2.24) is 0 Å². The third-order valence-corrected chi connectivity index (χ3v) is 2.37. The van der Waals surface area contributed by atoms with Gasteiger partial charge in [0.25, 0.3) is 16.3 Å². The summed E-state index contributed by atoms with van der Waals surface area (Å²) in [7, 11) is 0. The lowest BCUT2D eigenvalue weighted by molar-refractivity contribution is -0.118. The summed E-state index contributed by atoms with van der Waals surface area (Å²) in [5, 5.41) is 9.21. The Morgan fingerprint density at radius 1 is 1.75 bits per heavy atom. The highest BCUT2D eigenvalue weighted by molar-refractivity contribution is 6.17. The third-order valence-electron chi connectivity index (χ3n) is 1.52. The van der Waals surface area contributed by atoms with E-state index in [1.165, 1.54) is 0 Å². The van der Waals surface area contributed by atoms with Gasteiger partial charge in [-0.3, -0.25) is 4.79 Å². The fourth-order valence-corrected chi connectivity index (χ4v) is 1.65. The summed E-state index contributed by atoms with van der Waals surface area (Å²) < 4.78 is -0.545. The van der Waals surface area contributed by atoms with Crippen LogP contribution in [-0.4, -0.2) is 31.6 Å². The minimum atomic E-state index is -0.545. The average Bonchev–Trinajstić information content (AvgIpc) is 1.82. The molecule has 0 aromatic carbocycles. The first-order valence-corrected chi connectivity index (χ1v) is 3.84. The van der Waals surface area contributed by atoms with Gasteiger partial charge in [0, 0.05) is 17.3 Å². The first-order valence-electron chi connectivity index (χ1n) is 2.84. The van der Waals surface area contributed by atoms with Crippen LogP contribution in [0.5, 0.6) is 0 Å². The van der Waals surface area contributed by atoms with Crippen LogP contribution < -0.4 is 0 Å². The van der Waals surface area contributed by atoms with Gasteiger partial charge in [-0.15, -0.1) is 0 Å². The van der Waals surface area contributed by atoms with E-state index in [2.05, 4.69) is 0 Å². The Morgan fingerprint density at radius 3 is 2.50 bits per heavy atom. The van der Waals surface area contributed by atoms with Crippen LogP contribution in [-0.2, 0) is 4.79 Å². The normalized spacial score (nSPS) is 38.4. The predicted octanol–water partition coefficient (Wildman–Crippen LogP) is -0.939. The molecular formula is C5H9AlO2. The molecule has 0 aromatic rings. The van der Waals surface area contributed by atoms with E-state index in [0.29, 0.717) is 19.3 Å². The Morgan fingerprint density at radius 2 is 2.38 bits per heavy atom.